The molecule has 0 aliphatic rings. The predicted molar refractivity (Wildman–Crippen MR) is 113 cm³/mol. The van der Waals surface area contributed by atoms with Crippen molar-refractivity contribution in [2.24, 2.45) is 10.7 Å². The minimum absolute atomic E-state index is 0.196. The van der Waals surface area contributed by atoms with Crippen molar-refractivity contribution >= 4 is 62.1 Å². The first-order valence-electron chi connectivity index (χ1n) is 8.72. The van der Waals surface area contributed by atoms with Gasteiger partial charge in [0.15, 0.2) is 0 Å². The standard InChI is InChI=1S/C16H22AsN3O10S2/c18-11(16(25)26)5-6-13(21)20-12(15(24)19-7-14(22)23)8-31-17(27)9-1-3-10(4-2-9)32(28,29)30/h1-4,11-12,27H,5-8,18H2,(H,19,24)(H,20,21)(H,22,23)(H,25,26)(H,28,29,30)/p-1/t11-,12-,17?/m0/s1. The Morgan fingerprint density at radius 3 is 2.31 bits per heavy atom. The number of carboxylic acid groups (broad SMARTS) is 2. The first kappa shape index (κ1) is 27.9. The van der Waals surface area contributed by atoms with E-state index in [1.54, 1.807) is 0 Å². The summed E-state index contributed by atoms with van der Waals surface area (Å²) in [6.07, 6.45) is -0.565. The molecule has 0 fully saturated rings. The third kappa shape index (κ3) is 9.97. The van der Waals surface area contributed by atoms with Crippen LogP contribution < -0.4 is 20.5 Å². The molecule has 1 aromatic carbocycles. The van der Waals surface area contributed by atoms with E-state index >= 15 is 0 Å². The molecule has 0 bridgehead atoms. The Balaban J connectivity index is 2.87. The van der Waals surface area contributed by atoms with Crippen LogP contribution in [-0.2, 0) is 24.5 Å². The Hall–Kier alpha value is -2.16. The summed E-state index contributed by atoms with van der Waals surface area (Å²) in [6, 6.07) is 2.15. The van der Waals surface area contributed by atoms with Gasteiger partial charge in [-0.2, -0.15) is 0 Å². The van der Waals surface area contributed by atoms with Crippen LogP contribution in [0.5, 0.6) is 0 Å². The molecule has 32 heavy (non-hydrogen) atoms. The molecule has 0 aliphatic carbocycles. The molecule has 178 valence electrons. The molecule has 13 nitrogen and oxygen atoms in total. The summed E-state index contributed by atoms with van der Waals surface area (Å²) in [5.74, 6) is -4.51. The summed E-state index contributed by atoms with van der Waals surface area (Å²) in [5.41, 5.74) is 5.31. The van der Waals surface area contributed by atoms with Gasteiger partial charge < -0.3 is 0 Å². The van der Waals surface area contributed by atoms with Gasteiger partial charge in [-0.3, -0.25) is 0 Å². The zero-order valence-electron chi connectivity index (χ0n) is 16.3. The van der Waals surface area contributed by atoms with Crippen LogP contribution >= 0.6 is 10.0 Å². The summed E-state index contributed by atoms with van der Waals surface area (Å²) in [6.45, 7) is -0.717. The normalized spacial score (nSPS) is 14.9. The fraction of sp³-hybridized carbons (Fsp3) is 0.375. The molecule has 0 heterocycles. The van der Waals surface area contributed by atoms with Crippen LogP contribution in [0.4, 0.5) is 0 Å². The van der Waals surface area contributed by atoms with Crippen molar-refractivity contribution in [3.05, 3.63) is 24.3 Å². The van der Waals surface area contributed by atoms with Crippen LogP contribution in [0.3, 0.4) is 0 Å². The van der Waals surface area contributed by atoms with Crippen molar-refractivity contribution in [2.45, 2.75) is 29.8 Å². The van der Waals surface area contributed by atoms with Gasteiger partial charge in [-0.1, -0.05) is 0 Å². The quantitative estimate of drug-likeness (QED) is 0.0614. The number of carbonyl (C=O) groups excluding carboxylic acids is 1. The van der Waals surface area contributed by atoms with Gasteiger partial charge in [-0.25, -0.2) is 0 Å². The van der Waals surface area contributed by atoms with E-state index < -0.39 is 66.3 Å². The molecule has 16 heteroatoms. The van der Waals surface area contributed by atoms with Gasteiger partial charge in [-0.05, 0) is 0 Å². The second kappa shape index (κ2) is 12.8. The summed E-state index contributed by atoms with van der Waals surface area (Å²) >= 11 is -2.86. The molecule has 1 rings (SSSR count). The van der Waals surface area contributed by atoms with Crippen molar-refractivity contribution in [3.8, 4) is 0 Å². The van der Waals surface area contributed by atoms with Crippen molar-refractivity contribution in [1.29, 1.82) is 0 Å². The van der Waals surface area contributed by atoms with Crippen LogP contribution in [0.2, 0.25) is 0 Å². The second-order valence-electron chi connectivity index (χ2n) is 6.17. The predicted octanol–water partition coefficient (Wildman–Crippen LogP) is -3.13. The molecule has 7 N–H and O–H groups in total. The topological polar surface area (TPSA) is 240 Å². The Labute approximate surface area is 191 Å². The van der Waals surface area contributed by atoms with Gasteiger partial charge in [0.1, 0.15) is 0 Å². The number of benzene rings is 1. The third-order valence-electron chi connectivity index (χ3n) is 3.71. The number of hydrogen-bond acceptors (Lipinski definition) is 10. The van der Waals surface area contributed by atoms with Crippen LogP contribution in [0.25, 0.3) is 0 Å². The summed E-state index contributed by atoms with van der Waals surface area (Å²) < 4.78 is 41.9. The summed E-state index contributed by atoms with van der Waals surface area (Å²) in [4.78, 5) is 36.9. The van der Waals surface area contributed by atoms with E-state index in [0.29, 0.717) is 4.35 Å². The van der Waals surface area contributed by atoms with Crippen LogP contribution in [0, 0.1) is 0 Å². The summed E-state index contributed by atoms with van der Waals surface area (Å²) in [7, 11) is -3.50. The molecule has 0 radical (unpaired) electrons. The van der Waals surface area contributed by atoms with E-state index in [-0.39, 0.29) is 23.5 Å². The first-order valence-corrected chi connectivity index (χ1v) is 15.2. The van der Waals surface area contributed by atoms with Gasteiger partial charge in [0, 0.05) is 0 Å². The number of aliphatic carboxylic acids is 2. The molecule has 0 saturated heterocycles. The van der Waals surface area contributed by atoms with E-state index in [2.05, 4.69) is 10.3 Å². The molecular formula is C16H21AsN3O10S2-. The molecule has 0 aromatic heterocycles. The molecule has 0 saturated carbocycles. The molecule has 1 amide bonds. The SMILES string of the molecule is N[C@@H](CCC([O-])=N[C@@H](CS[As](O)c1ccc(S(=O)(=O)O)cc1)C(=O)NCC(=O)O)C(=O)O. The number of amides is 1. The fourth-order valence-electron chi connectivity index (χ4n) is 2.05. The molecule has 1 aromatic rings. The Kier molecular flexibility index (Phi) is 11.1. The van der Waals surface area contributed by atoms with Crippen LogP contribution in [-0.4, -0.2) is 89.2 Å². The van der Waals surface area contributed by atoms with Gasteiger partial charge in [-0.15, -0.1) is 0 Å². The Morgan fingerprint density at radius 1 is 1.22 bits per heavy atom. The van der Waals surface area contributed by atoms with E-state index in [4.69, 9.17) is 20.5 Å². The zero-order chi connectivity index (χ0) is 24.5. The number of rotatable bonds is 13. The number of aliphatic imine (C=N–C) groups is 1. The number of carbonyl (C=O) groups is 3. The maximum atomic E-state index is 12.2. The van der Waals surface area contributed by atoms with Crippen molar-refractivity contribution in [2.75, 3.05) is 12.3 Å². The third-order valence-corrected chi connectivity index (χ3v) is 10.4. The average Bonchev–Trinajstić information content (AvgIpc) is 2.72. The first-order chi connectivity index (χ1) is 14.8. The van der Waals surface area contributed by atoms with Gasteiger partial charge in [0.2, 0.25) is 0 Å². The van der Waals surface area contributed by atoms with E-state index in [1.165, 1.54) is 12.1 Å². The minimum atomic E-state index is -4.40. The van der Waals surface area contributed by atoms with E-state index in [0.717, 1.165) is 22.2 Å². The number of nitrogens with two attached hydrogens (primary N) is 1. The Morgan fingerprint density at radius 2 is 1.81 bits per heavy atom. The van der Waals surface area contributed by atoms with Crippen molar-refractivity contribution in [3.63, 3.8) is 0 Å². The maximum absolute atomic E-state index is 12.2. The monoisotopic (exact) mass is 554 g/mol. The molecule has 0 spiro atoms. The van der Waals surface area contributed by atoms with Gasteiger partial charge in [0.25, 0.3) is 0 Å². The molecular weight excluding hydrogens is 533 g/mol. The van der Waals surface area contributed by atoms with E-state index in [1.807, 2.05) is 0 Å². The second-order valence-corrected chi connectivity index (χ2v) is 13.8. The van der Waals surface area contributed by atoms with Crippen LogP contribution in [0.1, 0.15) is 12.8 Å². The number of hydrogen-bond donors (Lipinski definition) is 6. The average molecular weight is 554 g/mol. The Bertz CT molecular complexity index is 955. The number of nitrogens with zero attached hydrogens (tertiary/aromatic N) is 1. The molecule has 0 aliphatic heterocycles. The van der Waals surface area contributed by atoms with Gasteiger partial charge in [0.05, 0.1) is 0 Å². The molecule has 3 atom stereocenters. The number of carboxylic acids is 2. The summed E-state index contributed by atoms with van der Waals surface area (Å²) in [5, 5.41) is 31.5. The van der Waals surface area contributed by atoms with Crippen molar-refractivity contribution < 1.29 is 46.8 Å². The van der Waals surface area contributed by atoms with Crippen molar-refractivity contribution in [1.82, 2.24) is 5.32 Å². The fourth-order valence-corrected chi connectivity index (χ4v) is 7.39. The van der Waals surface area contributed by atoms with Crippen LogP contribution in [0.15, 0.2) is 34.2 Å². The number of nitrogens with one attached hydrogen (secondary N) is 1. The molecule has 1 unspecified atom stereocenters. The van der Waals surface area contributed by atoms with E-state index in [9.17, 15) is 32.0 Å². The van der Waals surface area contributed by atoms with Gasteiger partial charge >= 0.3 is 191 Å². The zero-order valence-corrected chi connectivity index (χ0v) is 19.8.